The molecule has 0 fully saturated rings. The third-order valence-electron chi connectivity index (χ3n) is 3.92. The number of hydrogen-bond acceptors (Lipinski definition) is 2. The largest absolute Gasteiger partial charge is 0.302 e. The lowest BCUT2D eigenvalue weighted by molar-refractivity contribution is -0.114. The van der Waals surface area contributed by atoms with Crippen LogP contribution in [-0.2, 0) is 4.79 Å². The molecule has 1 unspecified atom stereocenters. The summed E-state index contributed by atoms with van der Waals surface area (Å²) in [5.74, 6) is -1.38. The summed E-state index contributed by atoms with van der Waals surface area (Å²) in [7, 11) is 0. The Morgan fingerprint density at radius 1 is 1.25 bits per heavy atom. The van der Waals surface area contributed by atoms with Crippen LogP contribution in [0.15, 0.2) is 18.2 Å². The summed E-state index contributed by atoms with van der Waals surface area (Å²) in [4.78, 5) is 25.3. The van der Waals surface area contributed by atoms with Crippen molar-refractivity contribution in [1.82, 2.24) is 0 Å². The molecule has 1 atom stereocenters. The highest BCUT2D eigenvalue weighted by Crippen LogP contribution is 2.33. The number of unbranched alkanes of at least 4 members (excludes halogenated alkanes) is 1. The number of amides is 1. The smallest absolute Gasteiger partial charge is 0.299 e. The lowest BCUT2D eigenvalue weighted by atomic mass is 9.98. The van der Waals surface area contributed by atoms with E-state index < -0.39 is 17.5 Å². The van der Waals surface area contributed by atoms with E-state index >= 15 is 0 Å². The van der Waals surface area contributed by atoms with Crippen molar-refractivity contribution in [2.75, 3.05) is 11.4 Å². The van der Waals surface area contributed by atoms with Gasteiger partial charge in [-0.15, -0.1) is 0 Å². The van der Waals surface area contributed by atoms with E-state index in [1.54, 1.807) is 0 Å². The molecule has 1 aromatic rings. The number of halogens is 1. The molecule has 3 nitrogen and oxygen atoms in total. The maximum atomic E-state index is 13.9. The molecular formula is C16H20FNO2. The maximum Gasteiger partial charge on any atom is 0.299 e. The van der Waals surface area contributed by atoms with Crippen LogP contribution in [0, 0.1) is 11.7 Å². The van der Waals surface area contributed by atoms with Crippen molar-refractivity contribution in [3.63, 3.8) is 0 Å². The predicted molar refractivity (Wildman–Crippen MR) is 76.4 cm³/mol. The fraction of sp³-hybridized carbons (Fsp3) is 0.500. The van der Waals surface area contributed by atoms with Crippen molar-refractivity contribution >= 4 is 17.4 Å². The number of para-hydroxylation sites is 1. The molecule has 0 N–H and O–H groups in total. The minimum Gasteiger partial charge on any atom is -0.302 e. The van der Waals surface area contributed by atoms with Crippen LogP contribution < -0.4 is 4.90 Å². The second-order valence-electron chi connectivity index (χ2n) is 5.30. The fourth-order valence-corrected chi connectivity index (χ4v) is 2.66. The van der Waals surface area contributed by atoms with Crippen LogP contribution in [0.5, 0.6) is 0 Å². The highest BCUT2D eigenvalue weighted by molar-refractivity contribution is 6.52. The van der Waals surface area contributed by atoms with Crippen LogP contribution >= 0.6 is 0 Å². The summed E-state index contributed by atoms with van der Waals surface area (Å²) < 4.78 is 13.9. The van der Waals surface area contributed by atoms with Crippen LogP contribution in [0.3, 0.4) is 0 Å². The molecule has 20 heavy (non-hydrogen) atoms. The Morgan fingerprint density at radius 3 is 2.65 bits per heavy atom. The van der Waals surface area contributed by atoms with Crippen molar-refractivity contribution in [2.24, 2.45) is 5.92 Å². The minimum absolute atomic E-state index is 0.164. The molecule has 1 aromatic carbocycles. The van der Waals surface area contributed by atoms with Crippen molar-refractivity contribution in [3.05, 3.63) is 29.6 Å². The SMILES string of the molecule is CCCCC(CC)CN1C(=O)C(=O)c2cccc(F)c21. The number of hydrogen-bond donors (Lipinski definition) is 0. The van der Waals surface area contributed by atoms with Crippen LogP contribution in [0.4, 0.5) is 10.1 Å². The molecule has 1 amide bonds. The standard InChI is InChI=1S/C16H20FNO2/c1-3-5-7-11(4-2)10-18-14-12(15(19)16(18)20)8-6-9-13(14)17/h6,8-9,11H,3-5,7,10H2,1-2H3. The zero-order chi connectivity index (χ0) is 14.7. The molecule has 0 saturated carbocycles. The first kappa shape index (κ1) is 14.7. The van der Waals surface area contributed by atoms with E-state index in [-0.39, 0.29) is 11.3 Å². The maximum absolute atomic E-state index is 13.9. The highest BCUT2D eigenvalue weighted by atomic mass is 19.1. The summed E-state index contributed by atoms with van der Waals surface area (Å²) in [5, 5.41) is 0. The highest BCUT2D eigenvalue weighted by Gasteiger charge is 2.38. The van der Waals surface area contributed by atoms with Crippen molar-refractivity contribution in [2.45, 2.75) is 39.5 Å². The van der Waals surface area contributed by atoms with Crippen LogP contribution in [-0.4, -0.2) is 18.2 Å². The van der Waals surface area contributed by atoms with Crippen LogP contribution in [0.1, 0.15) is 49.9 Å². The van der Waals surface area contributed by atoms with Gasteiger partial charge in [0.25, 0.3) is 11.7 Å². The number of anilines is 1. The molecule has 1 heterocycles. The normalized spacial score (nSPS) is 15.7. The van der Waals surface area contributed by atoms with Crippen LogP contribution in [0.25, 0.3) is 0 Å². The zero-order valence-electron chi connectivity index (χ0n) is 12.0. The molecule has 2 rings (SSSR count). The Bertz CT molecular complexity index is 527. The molecule has 4 heteroatoms. The molecule has 1 aliphatic heterocycles. The fourth-order valence-electron chi connectivity index (χ4n) is 2.66. The minimum atomic E-state index is -0.597. The second-order valence-corrected chi connectivity index (χ2v) is 5.30. The van der Waals surface area contributed by atoms with Gasteiger partial charge >= 0.3 is 0 Å². The number of Topliss-reactive ketones (excluding diaryl/α,β-unsaturated/α-hetero) is 1. The number of nitrogens with zero attached hydrogens (tertiary/aromatic N) is 1. The van der Waals surface area contributed by atoms with E-state index in [0.717, 1.165) is 25.7 Å². The Kier molecular flexibility index (Phi) is 4.53. The number of carbonyl (C=O) groups is 2. The van der Waals surface area contributed by atoms with Gasteiger partial charge in [0.05, 0.1) is 11.3 Å². The number of carbonyl (C=O) groups excluding carboxylic acids is 2. The molecule has 108 valence electrons. The van der Waals surface area contributed by atoms with Gasteiger partial charge in [-0.25, -0.2) is 4.39 Å². The molecule has 0 spiro atoms. The zero-order valence-corrected chi connectivity index (χ0v) is 12.0. The summed E-state index contributed by atoms with van der Waals surface area (Å²) in [6.45, 7) is 4.60. The number of fused-ring (bicyclic) bond motifs is 1. The van der Waals surface area contributed by atoms with Gasteiger partial charge in [-0.3, -0.25) is 9.59 Å². The van der Waals surface area contributed by atoms with Crippen molar-refractivity contribution in [1.29, 1.82) is 0 Å². The van der Waals surface area contributed by atoms with Gasteiger partial charge in [0, 0.05) is 6.54 Å². The quantitative estimate of drug-likeness (QED) is 0.745. The van der Waals surface area contributed by atoms with E-state index in [1.165, 1.54) is 23.1 Å². The predicted octanol–water partition coefficient (Wildman–Crippen LogP) is 3.57. The van der Waals surface area contributed by atoms with Gasteiger partial charge in [-0.2, -0.15) is 0 Å². The van der Waals surface area contributed by atoms with Crippen LogP contribution in [0.2, 0.25) is 0 Å². The third kappa shape index (κ3) is 2.60. The first-order valence-corrected chi connectivity index (χ1v) is 7.24. The average Bonchev–Trinajstić information content (AvgIpc) is 2.69. The van der Waals surface area contributed by atoms with Crippen molar-refractivity contribution in [3.8, 4) is 0 Å². The van der Waals surface area contributed by atoms with Gasteiger partial charge in [0.1, 0.15) is 5.82 Å². The molecule has 0 bridgehead atoms. The first-order chi connectivity index (χ1) is 9.60. The number of ketones is 1. The van der Waals surface area contributed by atoms with Gasteiger partial charge < -0.3 is 4.90 Å². The van der Waals surface area contributed by atoms with E-state index in [4.69, 9.17) is 0 Å². The molecule has 1 aliphatic rings. The second kappa shape index (κ2) is 6.16. The molecule has 0 aromatic heterocycles. The third-order valence-corrected chi connectivity index (χ3v) is 3.92. The summed E-state index contributed by atoms with van der Waals surface area (Å²) >= 11 is 0. The Morgan fingerprint density at radius 2 is 2.00 bits per heavy atom. The van der Waals surface area contributed by atoms with Crippen molar-refractivity contribution < 1.29 is 14.0 Å². The lowest BCUT2D eigenvalue weighted by Crippen LogP contribution is -2.34. The number of rotatable bonds is 6. The first-order valence-electron chi connectivity index (χ1n) is 7.24. The summed E-state index contributed by atoms with van der Waals surface area (Å²) in [5.41, 5.74) is 0.359. The number of benzene rings is 1. The monoisotopic (exact) mass is 277 g/mol. The van der Waals surface area contributed by atoms with E-state index in [9.17, 15) is 14.0 Å². The topological polar surface area (TPSA) is 37.4 Å². The average molecular weight is 277 g/mol. The summed E-state index contributed by atoms with van der Waals surface area (Å²) in [6, 6.07) is 4.29. The molecule has 0 saturated heterocycles. The molecular weight excluding hydrogens is 257 g/mol. The van der Waals surface area contributed by atoms with Gasteiger partial charge in [0.15, 0.2) is 0 Å². The Labute approximate surface area is 118 Å². The van der Waals surface area contributed by atoms with Gasteiger partial charge in [-0.05, 0) is 24.5 Å². The van der Waals surface area contributed by atoms with E-state index in [2.05, 4.69) is 13.8 Å². The van der Waals surface area contributed by atoms with Gasteiger partial charge in [0.2, 0.25) is 0 Å². The molecule has 0 aliphatic carbocycles. The summed E-state index contributed by atoms with van der Waals surface area (Å²) in [6.07, 6.45) is 4.09. The van der Waals surface area contributed by atoms with E-state index in [0.29, 0.717) is 12.5 Å². The Balaban J connectivity index is 2.25. The van der Waals surface area contributed by atoms with E-state index in [1.807, 2.05) is 0 Å². The lowest BCUT2D eigenvalue weighted by Gasteiger charge is -2.23. The Hall–Kier alpha value is -1.71. The molecule has 0 radical (unpaired) electrons. The van der Waals surface area contributed by atoms with Gasteiger partial charge in [-0.1, -0.05) is 39.2 Å².